The maximum absolute atomic E-state index is 12.8. The van der Waals surface area contributed by atoms with Gasteiger partial charge in [-0.2, -0.15) is 0 Å². The molecule has 2 rings (SSSR count). The number of benzene rings is 1. The molecule has 1 heterocycles. The van der Waals surface area contributed by atoms with Crippen molar-refractivity contribution in [1.29, 1.82) is 0 Å². The van der Waals surface area contributed by atoms with Crippen LogP contribution in [0.4, 0.5) is 5.69 Å². The van der Waals surface area contributed by atoms with E-state index in [-0.39, 0.29) is 17.7 Å². The Kier molecular flexibility index (Phi) is 6.16. The minimum Gasteiger partial charge on any atom is -0.385 e. The predicted molar refractivity (Wildman–Crippen MR) is 90.4 cm³/mol. The molecular weight excluding hydrogens is 292 g/mol. The van der Waals surface area contributed by atoms with Gasteiger partial charge >= 0.3 is 0 Å². The summed E-state index contributed by atoms with van der Waals surface area (Å²) in [5.41, 5.74) is 2.03. The van der Waals surface area contributed by atoms with E-state index in [1.165, 1.54) is 0 Å². The summed E-state index contributed by atoms with van der Waals surface area (Å²) in [7, 11) is 1.65. The highest BCUT2D eigenvalue weighted by Crippen LogP contribution is 2.24. The normalized spacial score (nSPS) is 17.6. The zero-order valence-corrected chi connectivity index (χ0v) is 14.2. The Morgan fingerprint density at radius 1 is 1.43 bits per heavy atom. The Hall–Kier alpha value is -1.88. The summed E-state index contributed by atoms with van der Waals surface area (Å²) in [6, 6.07) is 7.92. The molecule has 126 valence electrons. The number of aryl methyl sites for hydroxylation is 1. The van der Waals surface area contributed by atoms with Crippen LogP contribution >= 0.6 is 0 Å². The molecule has 0 spiro atoms. The lowest BCUT2D eigenvalue weighted by Gasteiger charge is -2.24. The largest absolute Gasteiger partial charge is 0.385 e. The van der Waals surface area contributed by atoms with E-state index in [1.807, 2.05) is 38.1 Å². The fourth-order valence-electron chi connectivity index (χ4n) is 3.04. The molecular formula is C18H26N2O3. The molecule has 0 N–H and O–H groups in total. The standard InChI is InChI=1S/C18H26N2O3/c1-4-20(16-8-5-7-14(2)11-16)18(22)15-12-17(21)19(13-15)9-6-10-23-3/h5,7-8,11,15H,4,6,9-10,12-13H2,1-3H3. The molecule has 0 aliphatic carbocycles. The van der Waals surface area contributed by atoms with Gasteiger partial charge in [-0.05, 0) is 38.0 Å². The first-order chi connectivity index (χ1) is 11.1. The van der Waals surface area contributed by atoms with Crippen LogP contribution in [-0.4, -0.2) is 50.1 Å². The van der Waals surface area contributed by atoms with Crippen LogP contribution in [0.2, 0.25) is 0 Å². The maximum atomic E-state index is 12.8. The minimum absolute atomic E-state index is 0.0423. The number of carbonyl (C=O) groups excluding carboxylic acids is 2. The van der Waals surface area contributed by atoms with E-state index in [0.29, 0.717) is 32.7 Å². The number of nitrogens with zero attached hydrogens (tertiary/aromatic N) is 2. The van der Waals surface area contributed by atoms with Gasteiger partial charge < -0.3 is 14.5 Å². The van der Waals surface area contributed by atoms with Crippen molar-refractivity contribution < 1.29 is 14.3 Å². The van der Waals surface area contributed by atoms with Crippen molar-refractivity contribution in [2.45, 2.75) is 26.7 Å². The highest BCUT2D eigenvalue weighted by atomic mass is 16.5. The second-order valence-electron chi connectivity index (χ2n) is 6.01. The minimum atomic E-state index is -0.245. The summed E-state index contributed by atoms with van der Waals surface area (Å²) in [4.78, 5) is 28.5. The maximum Gasteiger partial charge on any atom is 0.232 e. The molecule has 1 saturated heterocycles. The van der Waals surface area contributed by atoms with Crippen LogP contribution in [0.25, 0.3) is 0 Å². The Bertz CT molecular complexity index is 559. The monoisotopic (exact) mass is 318 g/mol. The summed E-state index contributed by atoms with van der Waals surface area (Å²) in [6.45, 7) is 6.39. The molecule has 1 unspecified atom stereocenters. The molecule has 0 radical (unpaired) electrons. The van der Waals surface area contributed by atoms with Crippen LogP contribution in [0.1, 0.15) is 25.3 Å². The Balaban J connectivity index is 2.03. The lowest BCUT2D eigenvalue weighted by molar-refractivity contribution is -0.128. The molecule has 1 fully saturated rings. The van der Waals surface area contributed by atoms with Gasteiger partial charge in [0.15, 0.2) is 0 Å². The molecule has 0 saturated carbocycles. The van der Waals surface area contributed by atoms with Gasteiger partial charge in [-0.15, -0.1) is 0 Å². The van der Waals surface area contributed by atoms with E-state index < -0.39 is 0 Å². The van der Waals surface area contributed by atoms with Crippen LogP contribution in [0.3, 0.4) is 0 Å². The number of likely N-dealkylation sites (tertiary alicyclic amines) is 1. The number of ether oxygens (including phenoxy) is 1. The van der Waals surface area contributed by atoms with E-state index in [1.54, 1.807) is 16.9 Å². The quantitative estimate of drug-likeness (QED) is 0.725. The highest BCUT2D eigenvalue weighted by Gasteiger charge is 2.36. The van der Waals surface area contributed by atoms with Gasteiger partial charge in [0.05, 0.1) is 5.92 Å². The second kappa shape index (κ2) is 8.11. The molecule has 1 aliphatic rings. The molecule has 1 atom stereocenters. The van der Waals surface area contributed by atoms with E-state index in [4.69, 9.17) is 4.74 Å². The smallest absolute Gasteiger partial charge is 0.232 e. The average Bonchev–Trinajstić information content (AvgIpc) is 2.89. The van der Waals surface area contributed by atoms with Crippen molar-refractivity contribution >= 4 is 17.5 Å². The Labute approximate surface area is 138 Å². The molecule has 1 aromatic rings. The summed E-state index contributed by atoms with van der Waals surface area (Å²) in [6.07, 6.45) is 1.12. The van der Waals surface area contributed by atoms with Crippen molar-refractivity contribution in [3.63, 3.8) is 0 Å². The summed E-state index contributed by atoms with van der Waals surface area (Å²) in [5, 5.41) is 0. The number of hydrogen-bond acceptors (Lipinski definition) is 3. The van der Waals surface area contributed by atoms with Gasteiger partial charge in [-0.25, -0.2) is 0 Å². The zero-order chi connectivity index (χ0) is 16.8. The van der Waals surface area contributed by atoms with Gasteiger partial charge in [0.25, 0.3) is 0 Å². The number of amides is 2. The van der Waals surface area contributed by atoms with Crippen molar-refractivity contribution in [2.24, 2.45) is 5.92 Å². The van der Waals surface area contributed by atoms with E-state index in [9.17, 15) is 9.59 Å². The van der Waals surface area contributed by atoms with E-state index in [2.05, 4.69) is 0 Å². The van der Waals surface area contributed by atoms with Gasteiger partial charge in [-0.3, -0.25) is 9.59 Å². The molecule has 0 bridgehead atoms. The average molecular weight is 318 g/mol. The Morgan fingerprint density at radius 3 is 2.87 bits per heavy atom. The lowest BCUT2D eigenvalue weighted by Crippen LogP contribution is -2.37. The summed E-state index contributed by atoms with van der Waals surface area (Å²) >= 11 is 0. The molecule has 23 heavy (non-hydrogen) atoms. The lowest BCUT2D eigenvalue weighted by atomic mass is 10.1. The first kappa shape index (κ1) is 17.5. The third kappa shape index (κ3) is 4.32. The molecule has 5 nitrogen and oxygen atoms in total. The third-order valence-electron chi connectivity index (χ3n) is 4.24. The zero-order valence-electron chi connectivity index (χ0n) is 14.2. The molecule has 5 heteroatoms. The van der Waals surface area contributed by atoms with Crippen molar-refractivity contribution in [2.75, 3.05) is 38.3 Å². The molecule has 0 aromatic heterocycles. The SMILES string of the molecule is CCN(C(=O)C1CC(=O)N(CCCOC)C1)c1cccc(C)c1. The van der Waals surface area contributed by atoms with Gasteiger partial charge in [0, 0.05) is 45.5 Å². The fraction of sp³-hybridized carbons (Fsp3) is 0.556. The van der Waals surface area contributed by atoms with Crippen molar-refractivity contribution in [1.82, 2.24) is 4.90 Å². The van der Waals surface area contributed by atoms with Crippen LogP contribution < -0.4 is 4.90 Å². The number of rotatable bonds is 7. The highest BCUT2D eigenvalue weighted by molar-refractivity contribution is 5.99. The van der Waals surface area contributed by atoms with Crippen LogP contribution in [0, 0.1) is 12.8 Å². The van der Waals surface area contributed by atoms with Gasteiger partial charge in [0.2, 0.25) is 11.8 Å². The van der Waals surface area contributed by atoms with Crippen LogP contribution in [0.5, 0.6) is 0 Å². The van der Waals surface area contributed by atoms with Gasteiger partial charge in [-0.1, -0.05) is 12.1 Å². The second-order valence-corrected chi connectivity index (χ2v) is 6.01. The van der Waals surface area contributed by atoms with Crippen molar-refractivity contribution in [3.8, 4) is 0 Å². The topological polar surface area (TPSA) is 49.9 Å². The molecule has 2 amide bonds. The Morgan fingerprint density at radius 2 is 2.22 bits per heavy atom. The fourth-order valence-corrected chi connectivity index (χ4v) is 3.04. The molecule has 1 aromatic carbocycles. The van der Waals surface area contributed by atoms with Crippen molar-refractivity contribution in [3.05, 3.63) is 29.8 Å². The molecule has 1 aliphatic heterocycles. The first-order valence-electron chi connectivity index (χ1n) is 8.21. The van der Waals surface area contributed by atoms with Crippen LogP contribution in [0.15, 0.2) is 24.3 Å². The number of hydrogen-bond donors (Lipinski definition) is 0. The summed E-state index contributed by atoms with van der Waals surface area (Å²) < 4.78 is 5.02. The first-order valence-corrected chi connectivity index (χ1v) is 8.21. The number of anilines is 1. The number of methoxy groups -OCH3 is 1. The van der Waals surface area contributed by atoms with E-state index in [0.717, 1.165) is 17.7 Å². The van der Waals surface area contributed by atoms with E-state index >= 15 is 0 Å². The summed E-state index contributed by atoms with van der Waals surface area (Å²) in [5.74, 6) is -0.133. The van der Waals surface area contributed by atoms with Crippen LogP contribution in [-0.2, 0) is 14.3 Å². The number of carbonyl (C=O) groups is 2. The van der Waals surface area contributed by atoms with Gasteiger partial charge in [0.1, 0.15) is 0 Å². The predicted octanol–water partition coefficient (Wildman–Crippen LogP) is 2.23. The third-order valence-corrected chi connectivity index (χ3v) is 4.24.